The highest BCUT2D eigenvalue weighted by Gasteiger charge is 2.51. The number of rotatable bonds is 4. The summed E-state index contributed by atoms with van der Waals surface area (Å²) in [6.07, 6.45) is 9.04. The van der Waals surface area contributed by atoms with E-state index in [9.17, 15) is 0 Å². The number of hydrogen-bond donors (Lipinski definition) is 0. The van der Waals surface area contributed by atoms with Crippen molar-refractivity contribution in [1.82, 2.24) is 0 Å². The Morgan fingerprint density at radius 3 is 1.75 bits per heavy atom. The van der Waals surface area contributed by atoms with Gasteiger partial charge in [-0.15, -0.1) is 0 Å². The summed E-state index contributed by atoms with van der Waals surface area (Å²) in [6, 6.07) is 1.27. The first-order valence-corrected chi connectivity index (χ1v) is 8.54. The van der Waals surface area contributed by atoms with Crippen LogP contribution >= 0.6 is 0 Å². The predicted octanol–water partition coefficient (Wildman–Crippen LogP) is 2.72. The highest BCUT2D eigenvalue weighted by atomic mass is 28.3. The van der Waals surface area contributed by atoms with E-state index in [-0.39, 0.29) is 0 Å². The fraction of sp³-hybridized carbons (Fsp3) is 1.00. The van der Waals surface area contributed by atoms with Gasteiger partial charge in [0.2, 0.25) is 0 Å². The molecule has 16 heavy (non-hydrogen) atoms. The van der Waals surface area contributed by atoms with Gasteiger partial charge in [-0.3, -0.25) is 0 Å². The molecule has 0 aromatic rings. The molecule has 4 saturated carbocycles. The van der Waals surface area contributed by atoms with Gasteiger partial charge < -0.3 is 8.85 Å². The molecule has 0 atom stereocenters. The maximum Gasteiger partial charge on any atom is 0.321 e. The topological polar surface area (TPSA) is 18.5 Å². The lowest BCUT2D eigenvalue weighted by Crippen LogP contribution is -2.48. The van der Waals surface area contributed by atoms with Crippen LogP contribution in [0, 0.1) is 23.2 Å². The van der Waals surface area contributed by atoms with Crippen molar-refractivity contribution in [3.63, 3.8) is 0 Å². The summed E-state index contributed by atoms with van der Waals surface area (Å²) >= 11 is 0. The van der Waals surface area contributed by atoms with E-state index in [1.54, 1.807) is 0 Å². The summed E-state index contributed by atoms with van der Waals surface area (Å²) in [5, 5.41) is 0. The lowest BCUT2D eigenvalue weighted by atomic mass is 9.50. The van der Waals surface area contributed by atoms with Crippen molar-refractivity contribution in [1.29, 1.82) is 0 Å². The largest absolute Gasteiger partial charge is 0.400 e. The molecule has 4 rings (SSSR count). The molecule has 0 unspecified atom stereocenters. The average Bonchev–Trinajstić information content (AvgIpc) is 2.24. The predicted molar refractivity (Wildman–Crippen MR) is 66.6 cm³/mol. The molecule has 0 radical (unpaired) electrons. The minimum Gasteiger partial charge on any atom is -0.400 e. The molecule has 0 saturated heterocycles. The molecule has 0 N–H and O–H groups in total. The molecule has 4 aliphatic rings. The Morgan fingerprint density at radius 1 is 0.938 bits per heavy atom. The first-order valence-electron chi connectivity index (χ1n) is 6.78. The minimum absolute atomic E-state index is 0.637. The lowest BCUT2D eigenvalue weighted by molar-refractivity contribution is -0.0447. The molecule has 0 heterocycles. The molecular weight excluding hydrogens is 216 g/mol. The van der Waals surface area contributed by atoms with Gasteiger partial charge in [0, 0.05) is 14.2 Å². The molecule has 0 aromatic carbocycles. The monoisotopic (exact) mass is 240 g/mol. The van der Waals surface area contributed by atoms with Crippen molar-refractivity contribution in [3.05, 3.63) is 0 Å². The van der Waals surface area contributed by atoms with Gasteiger partial charge in [-0.05, 0) is 67.7 Å². The molecule has 2 nitrogen and oxygen atoms in total. The van der Waals surface area contributed by atoms with Crippen molar-refractivity contribution < 1.29 is 8.85 Å². The average molecular weight is 240 g/mol. The molecular formula is C13H24O2Si. The van der Waals surface area contributed by atoms with Crippen LogP contribution in [-0.2, 0) is 8.85 Å². The summed E-state index contributed by atoms with van der Waals surface area (Å²) in [5.74, 6) is 3.15. The van der Waals surface area contributed by atoms with Crippen LogP contribution < -0.4 is 0 Å². The second-order valence-corrected chi connectivity index (χ2v) is 8.73. The first-order chi connectivity index (χ1) is 7.73. The SMILES string of the molecule is CO[SiH](CC12CC3CC(CC(C3)C1)C2)OC. The lowest BCUT2D eigenvalue weighted by Gasteiger charge is -2.57. The van der Waals surface area contributed by atoms with E-state index in [1.807, 2.05) is 14.2 Å². The highest BCUT2D eigenvalue weighted by Crippen LogP contribution is 2.61. The second-order valence-electron chi connectivity index (χ2n) is 6.52. The molecule has 0 aliphatic heterocycles. The molecule has 3 heteroatoms. The third kappa shape index (κ3) is 1.87. The highest BCUT2D eigenvalue weighted by molar-refractivity contribution is 6.44. The van der Waals surface area contributed by atoms with Gasteiger partial charge in [0.25, 0.3) is 0 Å². The Balaban J connectivity index is 1.73. The summed E-state index contributed by atoms with van der Waals surface area (Å²) in [5.41, 5.74) is 0.637. The van der Waals surface area contributed by atoms with Gasteiger partial charge in [-0.1, -0.05) is 0 Å². The van der Waals surface area contributed by atoms with Crippen LogP contribution in [0.2, 0.25) is 6.04 Å². The molecule has 0 spiro atoms. The zero-order chi connectivity index (χ0) is 11.2. The van der Waals surface area contributed by atoms with E-state index in [0.717, 1.165) is 17.8 Å². The maximum absolute atomic E-state index is 5.56. The normalized spacial score (nSPS) is 45.6. The van der Waals surface area contributed by atoms with Gasteiger partial charge in [-0.25, -0.2) is 0 Å². The molecule has 0 aromatic heterocycles. The standard InChI is InChI=1S/C13H24O2Si/c1-14-16(15-2)9-13-6-10-3-11(7-13)5-12(4-10)8-13/h10-12,16H,3-9H2,1-2H3. The van der Waals surface area contributed by atoms with Crippen LogP contribution in [0.1, 0.15) is 38.5 Å². The zero-order valence-corrected chi connectivity index (χ0v) is 11.7. The van der Waals surface area contributed by atoms with Crippen molar-refractivity contribution in [3.8, 4) is 0 Å². The van der Waals surface area contributed by atoms with E-state index >= 15 is 0 Å². The Bertz CT molecular complexity index is 227. The third-order valence-electron chi connectivity index (χ3n) is 5.29. The van der Waals surface area contributed by atoms with Crippen molar-refractivity contribution in [2.45, 2.75) is 44.6 Å². The summed E-state index contributed by atoms with van der Waals surface area (Å²) in [7, 11) is 2.32. The van der Waals surface area contributed by atoms with E-state index in [4.69, 9.17) is 8.85 Å². The van der Waals surface area contributed by atoms with Gasteiger partial charge in [0.05, 0.1) is 0 Å². The fourth-order valence-corrected chi connectivity index (χ4v) is 6.89. The fourth-order valence-electron chi connectivity index (χ4n) is 5.16. The van der Waals surface area contributed by atoms with Gasteiger partial charge in [0.1, 0.15) is 0 Å². The molecule has 4 fully saturated rings. The number of hydrogen-bond acceptors (Lipinski definition) is 2. The van der Waals surface area contributed by atoms with E-state index < -0.39 is 9.28 Å². The maximum atomic E-state index is 5.56. The van der Waals surface area contributed by atoms with E-state index in [0.29, 0.717) is 5.41 Å². The van der Waals surface area contributed by atoms with Crippen LogP contribution in [0.5, 0.6) is 0 Å². The first kappa shape index (κ1) is 11.2. The van der Waals surface area contributed by atoms with Crippen molar-refractivity contribution >= 4 is 9.28 Å². The molecule has 0 amide bonds. The van der Waals surface area contributed by atoms with Crippen LogP contribution in [0.4, 0.5) is 0 Å². The summed E-state index contributed by atoms with van der Waals surface area (Å²) < 4.78 is 11.1. The summed E-state index contributed by atoms with van der Waals surface area (Å²) in [4.78, 5) is 0. The van der Waals surface area contributed by atoms with Gasteiger partial charge in [-0.2, -0.15) is 0 Å². The zero-order valence-electron chi connectivity index (χ0n) is 10.6. The smallest absolute Gasteiger partial charge is 0.321 e. The quantitative estimate of drug-likeness (QED) is 0.704. The Morgan fingerprint density at radius 2 is 1.38 bits per heavy atom. The summed E-state index contributed by atoms with van der Waals surface area (Å²) in [6.45, 7) is 0. The Kier molecular flexibility index (Phi) is 2.89. The minimum atomic E-state index is -1.35. The molecule has 4 aliphatic carbocycles. The second kappa shape index (κ2) is 4.11. The van der Waals surface area contributed by atoms with E-state index in [2.05, 4.69) is 0 Å². The van der Waals surface area contributed by atoms with Crippen molar-refractivity contribution in [2.75, 3.05) is 14.2 Å². The van der Waals surface area contributed by atoms with E-state index in [1.165, 1.54) is 44.6 Å². The Hall–Kier alpha value is 0.137. The van der Waals surface area contributed by atoms with Gasteiger partial charge >= 0.3 is 9.28 Å². The van der Waals surface area contributed by atoms with Crippen LogP contribution in [0.3, 0.4) is 0 Å². The van der Waals surface area contributed by atoms with Crippen molar-refractivity contribution in [2.24, 2.45) is 23.2 Å². The van der Waals surface area contributed by atoms with Crippen LogP contribution in [-0.4, -0.2) is 23.5 Å². The Labute approximate surface area is 101 Å². The van der Waals surface area contributed by atoms with Gasteiger partial charge in [0.15, 0.2) is 0 Å². The molecule has 4 bridgehead atoms. The third-order valence-corrected chi connectivity index (χ3v) is 7.54. The van der Waals surface area contributed by atoms with Crippen LogP contribution in [0.25, 0.3) is 0 Å². The van der Waals surface area contributed by atoms with Crippen LogP contribution in [0.15, 0.2) is 0 Å². The molecule has 92 valence electrons.